The predicted molar refractivity (Wildman–Crippen MR) is 116 cm³/mol. The second-order valence-electron chi connectivity index (χ2n) is 7.26. The number of ether oxygens (including phenoxy) is 1. The van der Waals surface area contributed by atoms with Gasteiger partial charge in [0.2, 0.25) is 5.91 Å². The summed E-state index contributed by atoms with van der Waals surface area (Å²) in [6, 6.07) is 18.5. The molecule has 0 saturated heterocycles. The van der Waals surface area contributed by atoms with Crippen LogP contribution in [0.25, 0.3) is 21.8 Å². The Balaban J connectivity index is 2.08. The summed E-state index contributed by atoms with van der Waals surface area (Å²) < 4.78 is 7.59. The molecule has 1 aromatic heterocycles. The molecule has 4 rings (SSSR count). The Morgan fingerprint density at radius 3 is 2.58 bits per heavy atom. The van der Waals surface area contributed by atoms with E-state index in [9.17, 15) is 14.9 Å². The number of aromatic nitrogens is 1. The highest BCUT2D eigenvalue weighted by atomic mass is 16.5. The van der Waals surface area contributed by atoms with Crippen LogP contribution < -0.4 is 10.5 Å². The van der Waals surface area contributed by atoms with E-state index in [4.69, 9.17) is 15.6 Å². The van der Waals surface area contributed by atoms with Crippen LogP contribution in [0.5, 0.6) is 5.75 Å². The Hall–Kier alpha value is -4.31. The molecular formula is C24H19N3O4. The van der Waals surface area contributed by atoms with E-state index in [2.05, 4.69) is 6.07 Å². The van der Waals surface area contributed by atoms with Crippen molar-refractivity contribution in [1.82, 2.24) is 4.57 Å². The number of carbonyl (C=O) groups is 2. The van der Waals surface area contributed by atoms with Crippen LogP contribution in [-0.4, -0.2) is 28.2 Å². The van der Waals surface area contributed by atoms with Crippen LogP contribution in [-0.2, 0) is 11.3 Å². The summed E-state index contributed by atoms with van der Waals surface area (Å²) in [6.07, 6.45) is 0. The average molecular weight is 413 g/mol. The van der Waals surface area contributed by atoms with Gasteiger partial charge in [-0.1, -0.05) is 24.3 Å². The number of hydrogen-bond donors (Lipinski definition) is 2. The molecule has 0 radical (unpaired) electrons. The topological polar surface area (TPSA) is 118 Å². The molecule has 3 N–H and O–H groups in total. The molecule has 154 valence electrons. The fourth-order valence-corrected chi connectivity index (χ4v) is 3.92. The van der Waals surface area contributed by atoms with Gasteiger partial charge in [-0.3, -0.25) is 4.79 Å². The molecule has 4 aromatic rings. The highest BCUT2D eigenvalue weighted by molar-refractivity contribution is 6.19. The molecule has 7 nitrogen and oxygen atoms in total. The van der Waals surface area contributed by atoms with Crippen LogP contribution in [0.3, 0.4) is 0 Å². The van der Waals surface area contributed by atoms with Gasteiger partial charge in [-0.05, 0) is 48.4 Å². The highest BCUT2D eigenvalue weighted by Crippen LogP contribution is 2.39. The molecule has 0 aliphatic carbocycles. The van der Waals surface area contributed by atoms with Gasteiger partial charge in [0.1, 0.15) is 5.75 Å². The number of hydrogen-bond acceptors (Lipinski definition) is 4. The number of benzene rings is 3. The molecule has 0 spiro atoms. The van der Waals surface area contributed by atoms with Crippen molar-refractivity contribution in [1.29, 1.82) is 5.26 Å². The number of nitrogens with two attached hydrogens (primary N) is 1. The van der Waals surface area contributed by atoms with Gasteiger partial charge in [0.25, 0.3) is 0 Å². The molecule has 0 saturated carbocycles. The third kappa shape index (κ3) is 3.55. The van der Waals surface area contributed by atoms with Gasteiger partial charge in [0.15, 0.2) is 6.61 Å². The van der Waals surface area contributed by atoms with Crippen LogP contribution in [0.1, 0.15) is 27.0 Å². The molecular weight excluding hydrogens is 394 g/mol. The molecule has 1 heterocycles. The van der Waals surface area contributed by atoms with Gasteiger partial charge in [-0.25, -0.2) is 4.79 Å². The van der Waals surface area contributed by atoms with Gasteiger partial charge in [0, 0.05) is 17.5 Å². The van der Waals surface area contributed by atoms with Gasteiger partial charge < -0.3 is 20.1 Å². The summed E-state index contributed by atoms with van der Waals surface area (Å²) in [6.45, 7) is 1.75. The van der Waals surface area contributed by atoms with Crippen molar-refractivity contribution in [2.24, 2.45) is 5.73 Å². The minimum absolute atomic E-state index is 0.318. The number of aliphatic carboxylic acids is 1. The molecule has 31 heavy (non-hydrogen) atoms. The Morgan fingerprint density at radius 1 is 1.10 bits per heavy atom. The second kappa shape index (κ2) is 7.84. The van der Waals surface area contributed by atoms with Crippen molar-refractivity contribution in [3.05, 3.63) is 76.9 Å². The van der Waals surface area contributed by atoms with E-state index >= 15 is 0 Å². The van der Waals surface area contributed by atoms with Crippen molar-refractivity contribution >= 4 is 33.7 Å². The molecule has 0 fully saturated rings. The standard InChI is InChI=1S/C24H19N3O4/c1-14-9-19-23(20(10-14)31-13-21(28)29)22-17(24(26)30)7-4-8-18(22)27(19)12-16-6-3-2-5-15(16)11-25/h2-10H,12-13H2,1H3,(H2,26,30)(H,28,29). The second-order valence-corrected chi connectivity index (χ2v) is 7.26. The maximum atomic E-state index is 12.2. The number of carbonyl (C=O) groups excluding carboxylic acids is 1. The monoisotopic (exact) mass is 413 g/mol. The van der Waals surface area contributed by atoms with Crippen LogP contribution in [0, 0.1) is 18.3 Å². The average Bonchev–Trinajstić information content (AvgIpc) is 3.05. The highest BCUT2D eigenvalue weighted by Gasteiger charge is 2.21. The molecule has 7 heteroatoms. The minimum Gasteiger partial charge on any atom is -0.481 e. The van der Waals surface area contributed by atoms with E-state index < -0.39 is 18.5 Å². The number of nitriles is 1. The number of carboxylic acid groups (broad SMARTS) is 1. The number of amides is 1. The summed E-state index contributed by atoms with van der Waals surface area (Å²) in [5.41, 5.74) is 9.72. The van der Waals surface area contributed by atoms with E-state index in [-0.39, 0.29) is 0 Å². The van der Waals surface area contributed by atoms with Crippen molar-refractivity contribution in [3.63, 3.8) is 0 Å². The first-order valence-corrected chi connectivity index (χ1v) is 9.58. The number of carboxylic acids is 1. The first kappa shape index (κ1) is 20.0. The first-order chi connectivity index (χ1) is 14.9. The third-order valence-corrected chi connectivity index (χ3v) is 5.18. The predicted octanol–water partition coefficient (Wildman–Crippen LogP) is 3.59. The van der Waals surface area contributed by atoms with Crippen molar-refractivity contribution in [2.75, 3.05) is 6.61 Å². The fraction of sp³-hybridized carbons (Fsp3) is 0.125. The van der Waals surface area contributed by atoms with Crippen molar-refractivity contribution < 1.29 is 19.4 Å². The van der Waals surface area contributed by atoms with Crippen molar-refractivity contribution in [2.45, 2.75) is 13.5 Å². The van der Waals surface area contributed by atoms with Crippen LogP contribution in [0.4, 0.5) is 0 Å². The van der Waals surface area contributed by atoms with Gasteiger partial charge >= 0.3 is 5.97 Å². The summed E-state index contributed by atoms with van der Waals surface area (Å²) in [5.74, 6) is -1.33. The summed E-state index contributed by atoms with van der Waals surface area (Å²) in [7, 11) is 0. The third-order valence-electron chi connectivity index (χ3n) is 5.18. The van der Waals surface area contributed by atoms with Gasteiger partial charge in [-0.2, -0.15) is 5.26 Å². The Labute approximate surface area is 177 Å². The Bertz CT molecular complexity index is 1400. The fourth-order valence-electron chi connectivity index (χ4n) is 3.92. The number of nitrogens with zero attached hydrogens (tertiary/aromatic N) is 2. The molecule has 0 atom stereocenters. The lowest BCUT2D eigenvalue weighted by molar-refractivity contribution is -0.139. The lowest BCUT2D eigenvalue weighted by atomic mass is 10.0. The number of fused-ring (bicyclic) bond motifs is 3. The zero-order valence-corrected chi connectivity index (χ0v) is 16.8. The minimum atomic E-state index is -1.10. The maximum Gasteiger partial charge on any atom is 0.341 e. The molecule has 3 aromatic carbocycles. The summed E-state index contributed by atoms with van der Waals surface area (Å²) in [5, 5.41) is 19.8. The smallest absolute Gasteiger partial charge is 0.341 e. The van der Waals surface area contributed by atoms with Crippen LogP contribution >= 0.6 is 0 Å². The molecule has 0 unspecified atom stereocenters. The summed E-state index contributed by atoms with van der Waals surface area (Å²) in [4.78, 5) is 23.3. The van der Waals surface area contributed by atoms with Crippen molar-refractivity contribution in [3.8, 4) is 11.8 Å². The number of primary amides is 1. The number of rotatable bonds is 6. The lowest BCUT2D eigenvalue weighted by Crippen LogP contribution is -2.11. The molecule has 0 aliphatic rings. The SMILES string of the molecule is Cc1cc(OCC(=O)O)c2c3c(C(N)=O)cccc3n(Cc3ccccc3C#N)c2c1. The lowest BCUT2D eigenvalue weighted by Gasteiger charge is -2.11. The normalized spacial score (nSPS) is 10.8. The van der Waals surface area contributed by atoms with Crippen LogP contribution in [0.2, 0.25) is 0 Å². The zero-order chi connectivity index (χ0) is 22.1. The van der Waals surface area contributed by atoms with E-state index in [0.29, 0.717) is 34.2 Å². The van der Waals surface area contributed by atoms with Gasteiger partial charge in [0.05, 0.1) is 28.1 Å². The van der Waals surface area contributed by atoms with E-state index in [1.165, 1.54) is 0 Å². The Morgan fingerprint density at radius 2 is 1.87 bits per heavy atom. The summed E-state index contributed by atoms with van der Waals surface area (Å²) >= 11 is 0. The molecule has 0 bridgehead atoms. The largest absolute Gasteiger partial charge is 0.481 e. The molecule has 1 amide bonds. The Kier molecular flexibility index (Phi) is 5.05. The van der Waals surface area contributed by atoms with E-state index in [0.717, 1.165) is 22.2 Å². The van der Waals surface area contributed by atoms with E-state index in [1.54, 1.807) is 30.3 Å². The quantitative estimate of drug-likeness (QED) is 0.501. The van der Waals surface area contributed by atoms with Crippen LogP contribution in [0.15, 0.2) is 54.6 Å². The maximum absolute atomic E-state index is 12.2. The first-order valence-electron chi connectivity index (χ1n) is 9.58. The number of aryl methyl sites for hydroxylation is 1. The molecule has 0 aliphatic heterocycles. The zero-order valence-electron chi connectivity index (χ0n) is 16.8. The van der Waals surface area contributed by atoms with E-state index in [1.807, 2.05) is 35.8 Å². The van der Waals surface area contributed by atoms with Gasteiger partial charge in [-0.15, -0.1) is 0 Å².